The van der Waals surface area contributed by atoms with Crippen LogP contribution in [0.25, 0.3) is 10.9 Å². The topological polar surface area (TPSA) is 86.0 Å². The minimum atomic E-state index is -0.716. The minimum absolute atomic E-state index is 0.166. The first kappa shape index (κ1) is 22.9. The van der Waals surface area contributed by atoms with Gasteiger partial charge in [0.25, 0.3) is 0 Å². The molecule has 6 heteroatoms. The Balaban J connectivity index is 1.35. The molecule has 0 saturated heterocycles. The van der Waals surface area contributed by atoms with Crippen molar-refractivity contribution in [3.63, 3.8) is 0 Å². The number of H-pyrrole nitrogens is 1. The SMILES string of the molecule is CCc1ccc(NC(=O)[C@@H](Cc2c[nH]c3ccccc23)NC(=O)[C@H]2Cc3ccccc3CN2)cc1. The van der Waals surface area contributed by atoms with Crippen LogP contribution in [0, 0.1) is 0 Å². The van der Waals surface area contributed by atoms with Crippen LogP contribution < -0.4 is 16.0 Å². The molecule has 5 rings (SSSR count). The van der Waals surface area contributed by atoms with Crippen molar-refractivity contribution in [1.29, 1.82) is 0 Å². The van der Waals surface area contributed by atoms with E-state index in [0.717, 1.165) is 28.6 Å². The van der Waals surface area contributed by atoms with Gasteiger partial charge in [-0.25, -0.2) is 0 Å². The Bertz CT molecular complexity index is 1340. The Morgan fingerprint density at radius 2 is 1.71 bits per heavy atom. The van der Waals surface area contributed by atoms with E-state index in [2.05, 4.69) is 40.0 Å². The molecule has 4 aromatic rings. The van der Waals surface area contributed by atoms with E-state index in [1.807, 2.05) is 66.9 Å². The molecule has 4 N–H and O–H groups in total. The van der Waals surface area contributed by atoms with Crippen LogP contribution >= 0.6 is 0 Å². The second kappa shape index (κ2) is 10.2. The summed E-state index contributed by atoms with van der Waals surface area (Å²) in [6.45, 7) is 2.73. The normalized spacial score (nSPS) is 15.9. The molecule has 0 bridgehead atoms. The van der Waals surface area contributed by atoms with E-state index in [1.165, 1.54) is 16.7 Å². The Kier molecular flexibility index (Phi) is 6.64. The summed E-state index contributed by atoms with van der Waals surface area (Å²) in [4.78, 5) is 29.9. The maximum Gasteiger partial charge on any atom is 0.247 e. The molecule has 0 fully saturated rings. The van der Waals surface area contributed by atoms with E-state index in [0.29, 0.717) is 19.4 Å². The van der Waals surface area contributed by atoms with Crippen molar-refractivity contribution in [1.82, 2.24) is 15.6 Å². The highest BCUT2D eigenvalue weighted by molar-refractivity contribution is 5.98. The molecule has 1 aromatic heterocycles. The van der Waals surface area contributed by atoms with Gasteiger partial charge in [-0.05, 0) is 53.3 Å². The van der Waals surface area contributed by atoms with Gasteiger partial charge < -0.3 is 20.9 Å². The molecule has 0 radical (unpaired) electrons. The molecule has 0 saturated carbocycles. The fourth-order valence-corrected chi connectivity index (χ4v) is 4.69. The van der Waals surface area contributed by atoms with Crippen molar-refractivity contribution in [3.8, 4) is 0 Å². The number of aromatic amines is 1. The van der Waals surface area contributed by atoms with Gasteiger partial charge >= 0.3 is 0 Å². The van der Waals surface area contributed by atoms with Crippen molar-refractivity contribution >= 4 is 28.4 Å². The Morgan fingerprint density at radius 1 is 0.971 bits per heavy atom. The Morgan fingerprint density at radius 3 is 2.51 bits per heavy atom. The van der Waals surface area contributed by atoms with Crippen LogP contribution in [0.1, 0.15) is 29.2 Å². The van der Waals surface area contributed by atoms with Crippen molar-refractivity contribution < 1.29 is 9.59 Å². The van der Waals surface area contributed by atoms with E-state index in [4.69, 9.17) is 0 Å². The summed E-state index contributed by atoms with van der Waals surface area (Å²) in [7, 11) is 0. The van der Waals surface area contributed by atoms with Crippen LogP contribution in [0.3, 0.4) is 0 Å². The largest absolute Gasteiger partial charge is 0.361 e. The molecule has 0 unspecified atom stereocenters. The van der Waals surface area contributed by atoms with Gasteiger partial charge in [-0.3, -0.25) is 9.59 Å². The molecule has 178 valence electrons. The van der Waals surface area contributed by atoms with E-state index in [-0.39, 0.29) is 17.9 Å². The zero-order valence-electron chi connectivity index (χ0n) is 19.8. The number of nitrogens with one attached hydrogen (secondary N) is 4. The molecule has 2 atom stereocenters. The molecule has 1 aliphatic rings. The lowest BCUT2D eigenvalue weighted by molar-refractivity contribution is -0.128. The van der Waals surface area contributed by atoms with Crippen LogP contribution in [0.15, 0.2) is 79.0 Å². The van der Waals surface area contributed by atoms with E-state index in [1.54, 1.807) is 0 Å². The first-order chi connectivity index (χ1) is 17.1. The van der Waals surface area contributed by atoms with Crippen LogP contribution in [0.5, 0.6) is 0 Å². The summed E-state index contributed by atoms with van der Waals surface area (Å²) in [5.74, 6) is -0.398. The fourth-order valence-electron chi connectivity index (χ4n) is 4.69. The van der Waals surface area contributed by atoms with Gasteiger partial charge in [-0.1, -0.05) is 61.5 Å². The lowest BCUT2D eigenvalue weighted by atomic mass is 9.95. The van der Waals surface area contributed by atoms with Crippen molar-refractivity contribution in [2.45, 2.75) is 44.8 Å². The molecular formula is C29H30N4O2. The van der Waals surface area contributed by atoms with Gasteiger partial charge in [0, 0.05) is 35.8 Å². The van der Waals surface area contributed by atoms with Gasteiger partial charge in [-0.2, -0.15) is 0 Å². The number of hydrogen-bond acceptors (Lipinski definition) is 3. The quantitative estimate of drug-likeness (QED) is 0.331. The third-order valence-electron chi connectivity index (χ3n) is 6.76. The second-order valence-electron chi connectivity index (χ2n) is 9.07. The lowest BCUT2D eigenvalue weighted by Crippen LogP contribution is -2.53. The molecule has 0 aliphatic carbocycles. The Hall–Kier alpha value is -3.90. The van der Waals surface area contributed by atoms with Crippen LogP contribution in [0.2, 0.25) is 0 Å². The molecular weight excluding hydrogens is 436 g/mol. The third kappa shape index (κ3) is 5.12. The van der Waals surface area contributed by atoms with Gasteiger partial charge in [0.2, 0.25) is 11.8 Å². The smallest absolute Gasteiger partial charge is 0.247 e. The summed E-state index contributed by atoms with van der Waals surface area (Å²) < 4.78 is 0. The molecule has 2 amide bonds. The number of anilines is 1. The number of para-hydroxylation sites is 1. The lowest BCUT2D eigenvalue weighted by Gasteiger charge is -2.27. The van der Waals surface area contributed by atoms with Crippen molar-refractivity contribution in [2.24, 2.45) is 0 Å². The summed E-state index contributed by atoms with van der Waals surface area (Å²) in [5, 5.41) is 10.4. The predicted octanol–water partition coefficient (Wildman–Crippen LogP) is 4.11. The number of rotatable bonds is 7. The van der Waals surface area contributed by atoms with E-state index in [9.17, 15) is 9.59 Å². The Labute approximate surface area is 205 Å². The number of aryl methyl sites for hydroxylation is 1. The van der Waals surface area contributed by atoms with Gasteiger partial charge in [0.15, 0.2) is 0 Å². The van der Waals surface area contributed by atoms with Gasteiger partial charge in [0.05, 0.1) is 6.04 Å². The molecule has 6 nitrogen and oxygen atoms in total. The standard InChI is InChI=1S/C29H30N4O2/c1-2-19-11-13-23(14-12-19)32-29(35)27(16-22-18-30-25-10-6-5-9-24(22)25)33-28(34)26-15-20-7-3-4-8-21(20)17-31-26/h3-14,18,26-27,30-31H,2,15-17H2,1H3,(H,32,35)(H,33,34)/t26-,27-/m1/s1. The molecule has 35 heavy (non-hydrogen) atoms. The number of hydrogen-bond donors (Lipinski definition) is 4. The average Bonchev–Trinajstić information content (AvgIpc) is 3.31. The predicted molar refractivity (Wildman–Crippen MR) is 139 cm³/mol. The van der Waals surface area contributed by atoms with Crippen molar-refractivity contribution in [2.75, 3.05) is 5.32 Å². The second-order valence-corrected chi connectivity index (χ2v) is 9.07. The van der Waals surface area contributed by atoms with Gasteiger partial charge in [-0.15, -0.1) is 0 Å². The summed E-state index contributed by atoms with van der Waals surface area (Å²) in [6.07, 6.45) is 3.84. The maximum atomic E-state index is 13.4. The zero-order valence-corrected chi connectivity index (χ0v) is 19.8. The molecule has 0 spiro atoms. The van der Waals surface area contributed by atoms with Crippen LogP contribution in [-0.2, 0) is 35.4 Å². The first-order valence-electron chi connectivity index (χ1n) is 12.2. The molecule has 2 heterocycles. The molecule has 3 aromatic carbocycles. The van der Waals surface area contributed by atoms with E-state index >= 15 is 0 Å². The highest BCUT2D eigenvalue weighted by Crippen LogP contribution is 2.21. The number of carbonyl (C=O) groups excluding carboxylic acids is 2. The number of amides is 2. The average molecular weight is 467 g/mol. The summed E-state index contributed by atoms with van der Waals surface area (Å²) >= 11 is 0. The fraction of sp³-hybridized carbons (Fsp3) is 0.241. The third-order valence-corrected chi connectivity index (χ3v) is 6.76. The number of fused-ring (bicyclic) bond motifs is 2. The number of benzene rings is 3. The number of carbonyl (C=O) groups is 2. The highest BCUT2D eigenvalue weighted by Gasteiger charge is 2.29. The van der Waals surface area contributed by atoms with Crippen LogP contribution in [-0.4, -0.2) is 28.9 Å². The minimum Gasteiger partial charge on any atom is -0.361 e. The van der Waals surface area contributed by atoms with E-state index < -0.39 is 6.04 Å². The zero-order chi connectivity index (χ0) is 24.2. The first-order valence-corrected chi connectivity index (χ1v) is 12.2. The summed E-state index contributed by atoms with van der Waals surface area (Å²) in [6, 6.07) is 22.9. The van der Waals surface area contributed by atoms with Gasteiger partial charge in [0.1, 0.15) is 6.04 Å². The highest BCUT2D eigenvalue weighted by atomic mass is 16.2. The number of aromatic nitrogens is 1. The van der Waals surface area contributed by atoms with Crippen LogP contribution in [0.4, 0.5) is 5.69 Å². The molecule has 1 aliphatic heterocycles. The van der Waals surface area contributed by atoms with Crippen molar-refractivity contribution in [3.05, 3.63) is 101 Å². The summed E-state index contributed by atoms with van der Waals surface area (Å²) in [5.41, 5.74) is 6.30. The maximum absolute atomic E-state index is 13.4. The monoisotopic (exact) mass is 466 g/mol.